The number of urea groups is 1. The van der Waals surface area contributed by atoms with Gasteiger partial charge in [-0.25, -0.2) is 13.2 Å². The van der Waals surface area contributed by atoms with Crippen LogP contribution in [-0.4, -0.2) is 20.2 Å². The summed E-state index contributed by atoms with van der Waals surface area (Å²) in [6.45, 7) is 7.03. The molecule has 0 saturated carbocycles. The SMILES string of the molecule is CC(=O)c1cccc(S(=O)(=O)N(C(N)=O)c2ccc(C)cc2C(C)C)c1. The minimum atomic E-state index is -4.27. The first kappa shape index (κ1) is 19.7. The zero-order valence-corrected chi connectivity index (χ0v) is 16.0. The Morgan fingerprint density at radius 2 is 1.73 bits per heavy atom. The van der Waals surface area contributed by atoms with E-state index in [1.165, 1.54) is 31.2 Å². The van der Waals surface area contributed by atoms with Crippen LogP contribution in [0.3, 0.4) is 0 Å². The number of carbonyl (C=O) groups is 2. The van der Waals surface area contributed by atoms with Gasteiger partial charge in [0.25, 0.3) is 10.0 Å². The van der Waals surface area contributed by atoms with Crippen molar-refractivity contribution in [3.05, 3.63) is 59.2 Å². The molecule has 0 unspecified atom stereocenters. The molecule has 0 bridgehead atoms. The summed E-state index contributed by atoms with van der Waals surface area (Å²) >= 11 is 0. The third kappa shape index (κ3) is 3.77. The van der Waals surface area contributed by atoms with Crippen LogP contribution in [0, 0.1) is 6.92 Å². The van der Waals surface area contributed by atoms with Crippen molar-refractivity contribution >= 4 is 27.5 Å². The molecule has 138 valence electrons. The zero-order valence-electron chi connectivity index (χ0n) is 15.2. The van der Waals surface area contributed by atoms with Crippen LogP contribution in [0.2, 0.25) is 0 Å². The van der Waals surface area contributed by atoms with Crippen molar-refractivity contribution < 1.29 is 18.0 Å². The summed E-state index contributed by atoms with van der Waals surface area (Å²) < 4.78 is 26.8. The molecule has 0 aliphatic heterocycles. The number of hydrogen-bond donors (Lipinski definition) is 1. The van der Waals surface area contributed by atoms with Gasteiger partial charge in [0.1, 0.15) is 0 Å². The smallest absolute Gasteiger partial charge is 0.333 e. The van der Waals surface area contributed by atoms with Gasteiger partial charge in [-0.3, -0.25) is 4.79 Å². The number of sulfonamides is 1. The van der Waals surface area contributed by atoms with Crippen LogP contribution in [0.1, 0.15) is 48.2 Å². The predicted octanol–water partition coefficient (Wildman–Crippen LogP) is 3.60. The van der Waals surface area contributed by atoms with Crippen LogP contribution < -0.4 is 10.0 Å². The van der Waals surface area contributed by atoms with Crippen LogP contribution in [0.15, 0.2) is 47.4 Å². The lowest BCUT2D eigenvalue weighted by Crippen LogP contribution is -2.41. The minimum absolute atomic E-state index is 0.0227. The number of aryl methyl sites for hydroxylation is 1. The number of rotatable bonds is 5. The molecule has 2 N–H and O–H groups in total. The van der Waals surface area contributed by atoms with Crippen molar-refractivity contribution in [3.63, 3.8) is 0 Å². The van der Waals surface area contributed by atoms with E-state index in [4.69, 9.17) is 5.73 Å². The van der Waals surface area contributed by atoms with Gasteiger partial charge in [0.2, 0.25) is 0 Å². The number of carbonyl (C=O) groups excluding carboxylic acids is 2. The molecule has 0 fully saturated rings. The Labute approximate surface area is 153 Å². The molecule has 0 spiro atoms. The third-order valence-electron chi connectivity index (χ3n) is 4.00. The lowest BCUT2D eigenvalue weighted by molar-refractivity contribution is 0.101. The highest BCUT2D eigenvalue weighted by atomic mass is 32.2. The summed E-state index contributed by atoms with van der Waals surface area (Å²) in [4.78, 5) is 23.5. The maximum Gasteiger partial charge on any atom is 0.333 e. The van der Waals surface area contributed by atoms with Crippen LogP contribution in [-0.2, 0) is 10.0 Å². The van der Waals surface area contributed by atoms with Crippen LogP contribution in [0.5, 0.6) is 0 Å². The number of nitrogens with two attached hydrogens (primary N) is 1. The number of hydrogen-bond acceptors (Lipinski definition) is 4. The Bertz CT molecular complexity index is 965. The van der Waals surface area contributed by atoms with E-state index in [0.717, 1.165) is 5.56 Å². The van der Waals surface area contributed by atoms with E-state index in [9.17, 15) is 18.0 Å². The van der Waals surface area contributed by atoms with Gasteiger partial charge in [0.05, 0.1) is 10.6 Å². The third-order valence-corrected chi connectivity index (χ3v) is 5.71. The molecule has 2 rings (SSSR count). The summed E-state index contributed by atoms with van der Waals surface area (Å²) in [5, 5.41) is 0. The first-order chi connectivity index (χ1) is 12.1. The second-order valence-corrected chi connectivity index (χ2v) is 8.20. The normalized spacial score (nSPS) is 11.4. The lowest BCUT2D eigenvalue weighted by atomic mass is 9.99. The van der Waals surface area contributed by atoms with Gasteiger partial charge in [0, 0.05) is 5.56 Å². The topological polar surface area (TPSA) is 97.5 Å². The Kier molecular flexibility index (Phi) is 5.51. The van der Waals surface area contributed by atoms with Gasteiger partial charge in [-0.15, -0.1) is 0 Å². The standard InChI is InChI=1S/C19H22N2O4S/c1-12(2)17-10-13(3)8-9-18(17)21(19(20)23)26(24,25)16-7-5-6-15(11-16)14(4)22/h5-12H,1-4H3,(H2,20,23). The van der Waals surface area contributed by atoms with E-state index in [-0.39, 0.29) is 27.8 Å². The maximum absolute atomic E-state index is 13.1. The van der Waals surface area contributed by atoms with Gasteiger partial charge in [-0.1, -0.05) is 43.7 Å². The average Bonchev–Trinajstić information content (AvgIpc) is 2.55. The van der Waals surface area contributed by atoms with Crippen LogP contribution >= 0.6 is 0 Å². The minimum Gasteiger partial charge on any atom is -0.350 e. The van der Waals surface area contributed by atoms with E-state index in [1.807, 2.05) is 26.8 Å². The molecule has 0 radical (unpaired) electrons. The average molecular weight is 374 g/mol. The highest BCUT2D eigenvalue weighted by molar-refractivity contribution is 7.93. The fraction of sp³-hybridized carbons (Fsp3) is 0.263. The number of ketones is 1. The molecule has 0 atom stereocenters. The monoisotopic (exact) mass is 374 g/mol. The molecular weight excluding hydrogens is 352 g/mol. The molecule has 6 nitrogen and oxygen atoms in total. The molecule has 2 amide bonds. The molecule has 0 heterocycles. The van der Waals surface area contributed by atoms with Crippen molar-refractivity contribution in [2.45, 2.75) is 38.5 Å². The fourth-order valence-corrected chi connectivity index (χ4v) is 4.07. The van der Waals surface area contributed by atoms with Crippen LogP contribution in [0.4, 0.5) is 10.5 Å². The van der Waals surface area contributed by atoms with Gasteiger partial charge >= 0.3 is 6.03 Å². The molecule has 2 aromatic carbocycles. The number of primary amides is 1. The molecular formula is C19H22N2O4S. The van der Waals surface area contributed by atoms with Crippen molar-refractivity contribution in [2.24, 2.45) is 5.73 Å². The van der Waals surface area contributed by atoms with E-state index in [0.29, 0.717) is 9.87 Å². The fourth-order valence-electron chi connectivity index (χ4n) is 2.67. The Morgan fingerprint density at radius 3 is 2.27 bits per heavy atom. The molecule has 0 saturated heterocycles. The van der Waals surface area contributed by atoms with E-state index >= 15 is 0 Å². The highest BCUT2D eigenvalue weighted by Gasteiger charge is 2.32. The van der Waals surface area contributed by atoms with Gasteiger partial charge in [-0.2, -0.15) is 4.31 Å². The molecule has 7 heteroatoms. The first-order valence-electron chi connectivity index (χ1n) is 8.12. The molecule has 2 aromatic rings. The lowest BCUT2D eigenvalue weighted by Gasteiger charge is -2.25. The number of anilines is 1. The van der Waals surface area contributed by atoms with E-state index in [1.54, 1.807) is 12.1 Å². The summed E-state index contributed by atoms with van der Waals surface area (Å²) in [6, 6.07) is 9.57. The Hall–Kier alpha value is -2.67. The Balaban J connectivity index is 2.70. The second-order valence-electron chi connectivity index (χ2n) is 6.41. The summed E-state index contributed by atoms with van der Waals surface area (Å²) in [6.07, 6.45) is 0. The van der Waals surface area contributed by atoms with Crippen molar-refractivity contribution in [1.29, 1.82) is 0 Å². The van der Waals surface area contributed by atoms with E-state index < -0.39 is 16.1 Å². The predicted molar refractivity (Wildman–Crippen MR) is 101 cm³/mol. The molecule has 0 aliphatic rings. The summed E-state index contributed by atoms with van der Waals surface area (Å²) in [5.74, 6) is -0.295. The van der Waals surface area contributed by atoms with Gasteiger partial charge in [-0.05, 0) is 43.5 Å². The quantitative estimate of drug-likeness (QED) is 0.809. The number of nitrogens with zero attached hydrogens (tertiary/aromatic N) is 1. The Morgan fingerprint density at radius 1 is 1.08 bits per heavy atom. The van der Waals surface area contributed by atoms with Gasteiger partial charge < -0.3 is 5.73 Å². The maximum atomic E-state index is 13.1. The number of amides is 2. The second kappa shape index (κ2) is 7.29. The molecule has 26 heavy (non-hydrogen) atoms. The van der Waals surface area contributed by atoms with Crippen LogP contribution in [0.25, 0.3) is 0 Å². The van der Waals surface area contributed by atoms with E-state index in [2.05, 4.69) is 0 Å². The first-order valence-corrected chi connectivity index (χ1v) is 9.56. The van der Waals surface area contributed by atoms with Crippen molar-refractivity contribution in [3.8, 4) is 0 Å². The largest absolute Gasteiger partial charge is 0.350 e. The summed E-state index contributed by atoms with van der Waals surface area (Å²) in [5.41, 5.74) is 7.52. The van der Waals surface area contributed by atoms with Gasteiger partial charge in [0.15, 0.2) is 5.78 Å². The number of benzene rings is 2. The number of Topliss-reactive ketones (excluding diaryl/α,β-unsaturated/α-hetero) is 1. The zero-order chi connectivity index (χ0) is 19.6. The van der Waals surface area contributed by atoms with Crippen molar-refractivity contribution in [2.75, 3.05) is 4.31 Å². The highest BCUT2D eigenvalue weighted by Crippen LogP contribution is 2.32. The molecule has 0 aliphatic carbocycles. The molecule has 0 aromatic heterocycles. The van der Waals surface area contributed by atoms with Crippen molar-refractivity contribution in [1.82, 2.24) is 0 Å². The summed E-state index contributed by atoms with van der Waals surface area (Å²) in [7, 11) is -4.27.